The van der Waals surface area contributed by atoms with Crippen LogP contribution in [0.1, 0.15) is 13.3 Å². The SMILES string of the molecule is C=CC1CC(=O)N(C(C)=CC(=O)OC)C1. The Morgan fingerprint density at radius 2 is 2.33 bits per heavy atom. The van der Waals surface area contributed by atoms with E-state index >= 15 is 0 Å². The molecule has 1 fully saturated rings. The molecule has 4 nitrogen and oxygen atoms in total. The van der Waals surface area contributed by atoms with Crippen molar-refractivity contribution < 1.29 is 14.3 Å². The summed E-state index contributed by atoms with van der Waals surface area (Å²) in [4.78, 5) is 24.1. The van der Waals surface area contributed by atoms with Crippen molar-refractivity contribution in [1.82, 2.24) is 4.90 Å². The summed E-state index contributed by atoms with van der Waals surface area (Å²) in [5.41, 5.74) is 0.621. The number of hydrogen-bond donors (Lipinski definition) is 0. The van der Waals surface area contributed by atoms with Gasteiger partial charge in [0.1, 0.15) is 0 Å². The Morgan fingerprint density at radius 1 is 1.67 bits per heavy atom. The smallest absolute Gasteiger partial charge is 0.332 e. The van der Waals surface area contributed by atoms with Crippen LogP contribution < -0.4 is 0 Å². The number of methoxy groups -OCH3 is 1. The molecule has 15 heavy (non-hydrogen) atoms. The van der Waals surface area contributed by atoms with Crippen molar-refractivity contribution in [1.29, 1.82) is 0 Å². The molecule has 1 aliphatic heterocycles. The second-order valence-corrected chi connectivity index (χ2v) is 3.51. The molecule has 1 rings (SSSR count). The minimum absolute atomic E-state index is 0.0255. The number of esters is 1. The van der Waals surface area contributed by atoms with E-state index in [0.29, 0.717) is 18.7 Å². The zero-order chi connectivity index (χ0) is 11.4. The summed E-state index contributed by atoms with van der Waals surface area (Å²) < 4.78 is 4.50. The minimum Gasteiger partial charge on any atom is -0.466 e. The second kappa shape index (κ2) is 4.77. The van der Waals surface area contributed by atoms with E-state index in [-0.39, 0.29) is 11.8 Å². The van der Waals surface area contributed by atoms with E-state index in [1.165, 1.54) is 13.2 Å². The first-order valence-electron chi connectivity index (χ1n) is 4.77. The molecule has 0 aliphatic carbocycles. The van der Waals surface area contributed by atoms with E-state index < -0.39 is 5.97 Å². The van der Waals surface area contributed by atoms with Gasteiger partial charge in [0, 0.05) is 30.7 Å². The normalized spacial score (nSPS) is 21.7. The molecule has 1 amide bonds. The van der Waals surface area contributed by atoms with E-state index in [1.54, 1.807) is 17.9 Å². The van der Waals surface area contributed by atoms with E-state index in [4.69, 9.17) is 0 Å². The van der Waals surface area contributed by atoms with E-state index in [9.17, 15) is 9.59 Å². The van der Waals surface area contributed by atoms with Crippen LogP contribution in [0.25, 0.3) is 0 Å². The standard InChI is InChI=1S/C11H15NO3/c1-4-9-6-10(13)12(7-9)8(2)5-11(14)15-3/h4-5,9H,1,6-7H2,2-3H3. The Morgan fingerprint density at radius 3 is 2.80 bits per heavy atom. The van der Waals surface area contributed by atoms with Crippen LogP contribution in [0.2, 0.25) is 0 Å². The van der Waals surface area contributed by atoms with Crippen LogP contribution in [0.3, 0.4) is 0 Å². The summed E-state index contributed by atoms with van der Waals surface area (Å²) in [6.07, 6.45) is 3.56. The van der Waals surface area contributed by atoms with Gasteiger partial charge in [-0.05, 0) is 6.92 Å². The lowest BCUT2D eigenvalue weighted by Gasteiger charge is -2.16. The minimum atomic E-state index is -0.442. The van der Waals surface area contributed by atoms with Gasteiger partial charge >= 0.3 is 5.97 Å². The molecule has 0 aromatic heterocycles. The van der Waals surface area contributed by atoms with Crippen molar-refractivity contribution in [3.05, 3.63) is 24.4 Å². The molecule has 1 heterocycles. The maximum absolute atomic E-state index is 11.5. The zero-order valence-corrected chi connectivity index (χ0v) is 9.03. The van der Waals surface area contributed by atoms with Crippen molar-refractivity contribution in [3.63, 3.8) is 0 Å². The Hall–Kier alpha value is -1.58. The summed E-state index contributed by atoms with van der Waals surface area (Å²) in [5, 5.41) is 0. The molecular formula is C11H15NO3. The number of amides is 1. The quantitative estimate of drug-likeness (QED) is 0.397. The number of rotatable bonds is 3. The van der Waals surface area contributed by atoms with Crippen molar-refractivity contribution in [2.75, 3.05) is 13.7 Å². The van der Waals surface area contributed by atoms with Crippen LogP contribution in [0.15, 0.2) is 24.4 Å². The molecule has 0 spiro atoms. The highest BCUT2D eigenvalue weighted by Crippen LogP contribution is 2.22. The largest absolute Gasteiger partial charge is 0.466 e. The topological polar surface area (TPSA) is 46.6 Å². The molecule has 0 N–H and O–H groups in total. The maximum atomic E-state index is 11.5. The Labute approximate surface area is 89.2 Å². The van der Waals surface area contributed by atoms with Gasteiger partial charge in [-0.2, -0.15) is 0 Å². The highest BCUT2D eigenvalue weighted by molar-refractivity contribution is 5.85. The maximum Gasteiger partial charge on any atom is 0.332 e. The number of carbonyl (C=O) groups excluding carboxylic acids is 2. The van der Waals surface area contributed by atoms with Gasteiger partial charge < -0.3 is 9.64 Å². The summed E-state index contributed by atoms with van der Waals surface area (Å²) in [7, 11) is 1.31. The zero-order valence-electron chi connectivity index (χ0n) is 9.03. The summed E-state index contributed by atoms with van der Waals surface area (Å²) in [6.45, 7) is 5.98. The van der Waals surface area contributed by atoms with Gasteiger partial charge in [0.25, 0.3) is 0 Å². The number of ether oxygens (including phenoxy) is 1. The Kier molecular flexibility index (Phi) is 3.66. The van der Waals surface area contributed by atoms with Gasteiger partial charge in [-0.15, -0.1) is 6.58 Å². The Balaban J connectivity index is 2.72. The van der Waals surface area contributed by atoms with E-state index in [0.717, 1.165) is 0 Å². The first-order valence-corrected chi connectivity index (χ1v) is 4.77. The summed E-state index contributed by atoms with van der Waals surface area (Å²) in [6, 6.07) is 0. The molecule has 0 radical (unpaired) electrons. The van der Waals surface area contributed by atoms with Gasteiger partial charge in [-0.3, -0.25) is 4.79 Å². The highest BCUT2D eigenvalue weighted by atomic mass is 16.5. The molecule has 0 saturated carbocycles. The number of allylic oxidation sites excluding steroid dienone is 1. The molecule has 1 saturated heterocycles. The predicted octanol–water partition coefficient (Wildman–Crippen LogP) is 1.10. The molecule has 1 unspecified atom stereocenters. The molecule has 0 aromatic carbocycles. The number of likely N-dealkylation sites (tertiary alicyclic amines) is 1. The van der Waals surface area contributed by atoms with Crippen LogP contribution in [0, 0.1) is 5.92 Å². The van der Waals surface area contributed by atoms with Gasteiger partial charge in [-0.1, -0.05) is 6.08 Å². The molecule has 0 bridgehead atoms. The fraction of sp³-hybridized carbons (Fsp3) is 0.455. The van der Waals surface area contributed by atoms with Crippen molar-refractivity contribution in [3.8, 4) is 0 Å². The number of carbonyl (C=O) groups is 2. The highest BCUT2D eigenvalue weighted by Gasteiger charge is 2.28. The molecule has 4 heteroatoms. The molecule has 1 aliphatic rings. The summed E-state index contributed by atoms with van der Waals surface area (Å²) in [5.74, 6) is -0.238. The third-order valence-corrected chi connectivity index (χ3v) is 2.44. The average molecular weight is 209 g/mol. The molecule has 1 atom stereocenters. The van der Waals surface area contributed by atoms with Crippen molar-refractivity contribution in [2.45, 2.75) is 13.3 Å². The molecular weight excluding hydrogens is 194 g/mol. The van der Waals surface area contributed by atoms with Crippen LogP contribution in [0.4, 0.5) is 0 Å². The van der Waals surface area contributed by atoms with Gasteiger partial charge in [-0.25, -0.2) is 4.79 Å². The van der Waals surface area contributed by atoms with Gasteiger partial charge in [0.2, 0.25) is 5.91 Å². The van der Waals surface area contributed by atoms with Gasteiger partial charge in [0.05, 0.1) is 7.11 Å². The fourth-order valence-electron chi connectivity index (χ4n) is 1.54. The van der Waals surface area contributed by atoms with Crippen molar-refractivity contribution >= 4 is 11.9 Å². The van der Waals surface area contributed by atoms with Crippen LogP contribution >= 0.6 is 0 Å². The van der Waals surface area contributed by atoms with Crippen LogP contribution in [-0.2, 0) is 14.3 Å². The van der Waals surface area contributed by atoms with Crippen LogP contribution in [-0.4, -0.2) is 30.4 Å². The second-order valence-electron chi connectivity index (χ2n) is 3.51. The third kappa shape index (κ3) is 2.68. The third-order valence-electron chi connectivity index (χ3n) is 2.44. The monoisotopic (exact) mass is 209 g/mol. The first-order chi connectivity index (χ1) is 7.08. The van der Waals surface area contributed by atoms with E-state index in [2.05, 4.69) is 11.3 Å². The van der Waals surface area contributed by atoms with Crippen molar-refractivity contribution in [2.24, 2.45) is 5.92 Å². The van der Waals surface area contributed by atoms with Gasteiger partial charge in [0.15, 0.2) is 0 Å². The number of nitrogens with zero attached hydrogens (tertiary/aromatic N) is 1. The average Bonchev–Trinajstić information content (AvgIpc) is 2.59. The molecule has 82 valence electrons. The molecule has 0 aromatic rings. The lowest BCUT2D eigenvalue weighted by atomic mass is 10.1. The summed E-state index contributed by atoms with van der Waals surface area (Å²) >= 11 is 0. The lowest BCUT2D eigenvalue weighted by molar-refractivity contribution is -0.135. The Bertz CT molecular complexity index is 320. The van der Waals surface area contributed by atoms with E-state index in [1.807, 2.05) is 0 Å². The predicted molar refractivity (Wildman–Crippen MR) is 55.8 cm³/mol. The lowest BCUT2D eigenvalue weighted by Crippen LogP contribution is -2.23. The number of hydrogen-bond acceptors (Lipinski definition) is 3. The fourth-order valence-corrected chi connectivity index (χ4v) is 1.54. The van der Waals surface area contributed by atoms with Crippen LogP contribution in [0.5, 0.6) is 0 Å². The first kappa shape index (κ1) is 11.5.